The van der Waals surface area contributed by atoms with Crippen LogP contribution in [0.2, 0.25) is 5.02 Å². The first-order chi connectivity index (χ1) is 13.0. The second-order valence-corrected chi connectivity index (χ2v) is 6.87. The van der Waals surface area contributed by atoms with Gasteiger partial charge in [0.25, 0.3) is 0 Å². The van der Waals surface area contributed by atoms with Crippen LogP contribution in [0.1, 0.15) is 19.0 Å². The average molecular weight is 383 g/mol. The van der Waals surface area contributed by atoms with Crippen LogP contribution in [-0.2, 0) is 0 Å². The molecule has 6 heteroatoms. The molecule has 0 aliphatic heterocycles. The fraction of sp³-hybridized carbons (Fsp3) is 0.238. The first-order valence-corrected chi connectivity index (χ1v) is 9.29. The van der Waals surface area contributed by atoms with E-state index in [1.807, 2.05) is 44.2 Å². The summed E-state index contributed by atoms with van der Waals surface area (Å²) in [6.07, 6.45) is 0.861. The minimum absolute atomic E-state index is 0.0203. The molecule has 5 nitrogen and oxygen atoms in total. The zero-order chi connectivity index (χ0) is 19.4. The van der Waals surface area contributed by atoms with Crippen molar-refractivity contribution >= 4 is 17.4 Å². The summed E-state index contributed by atoms with van der Waals surface area (Å²) in [5.41, 5.74) is 9.31. The van der Waals surface area contributed by atoms with E-state index < -0.39 is 0 Å². The zero-order valence-electron chi connectivity index (χ0n) is 15.4. The van der Waals surface area contributed by atoms with Gasteiger partial charge in [-0.3, -0.25) is 0 Å². The minimum atomic E-state index is 0.0203. The Balaban J connectivity index is 2.13. The normalized spacial score (nSPS) is 12.0. The van der Waals surface area contributed by atoms with Crippen molar-refractivity contribution in [2.75, 3.05) is 11.9 Å². The Labute approximate surface area is 164 Å². The second kappa shape index (κ2) is 8.37. The predicted octanol–water partition coefficient (Wildman–Crippen LogP) is 4.63. The molecule has 0 saturated heterocycles. The quantitative estimate of drug-likeness (QED) is 0.579. The Morgan fingerprint density at radius 2 is 1.89 bits per heavy atom. The number of halogens is 1. The molecule has 0 radical (unpaired) electrons. The lowest BCUT2D eigenvalue weighted by atomic mass is 10.0. The number of aromatic hydroxyl groups is 1. The maximum Gasteiger partial charge on any atom is 0.165 e. The van der Waals surface area contributed by atoms with Gasteiger partial charge in [0, 0.05) is 23.2 Å². The molecule has 3 rings (SSSR count). The molecule has 1 aromatic heterocycles. The van der Waals surface area contributed by atoms with Gasteiger partial charge < -0.3 is 16.2 Å². The van der Waals surface area contributed by atoms with Gasteiger partial charge in [-0.05, 0) is 37.1 Å². The molecule has 27 heavy (non-hydrogen) atoms. The van der Waals surface area contributed by atoms with Gasteiger partial charge in [0.2, 0.25) is 0 Å². The van der Waals surface area contributed by atoms with Gasteiger partial charge in [0.15, 0.2) is 5.82 Å². The van der Waals surface area contributed by atoms with E-state index >= 15 is 0 Å². The Kier molecular flexibility index (Phi) is 5.94. The third-order valence-corrected chi connectivity index (χ3v) is 4.64. The highest BCUT2D eigenvalue weighted by Gasteiger charge is 2.17. The molecule has 0 aliphatic carbocycles. The number of hydrogen-bond donors (Lipinski definition) is 3. The number of nitrogens with zero attached hydrogens (tertiary/aromatic N) is 2. The summed E-state index contributed by atoms with van der Waals surface area (Å²) in [6, 6.07) is 14.8. The van der Waals surface area contributed by atoms with Crippen molar-refractivity contribution in [1.82, 2.24) is 9.97 Å². The molecular formula is C21H23ClN4O. The number of nitrogens with one attached hydrogen (secondary N) is 1. The van der Waals surface area contributed by atoms with Crippen LogP contribution in [0.5, 0.6) is 5.75 Å². The Bertz CT molecular complexity index is 931. The molecule has 140 valence electrons. The van der Waals surface area contributed by atoms with Crippen molar-refractivity contribution in [3.8, 4) is 28.3 Å². The van der Waals surface area contributed by atoms with Gasteiger partial charge in [0.1, 0.15) is 11.6 Å². The molecule has 0 bridgehead atoms. The first-order valence-electron chi connectivity index (χ1n) is 8.92. The monoisotopic (exact) mass is 382 g/mol. The van der Waals surface area contributed by atoms with E-state index in [1.54, 1.807) is 18.2 Å². The lowest BCUT2D eigenvalue weighted by molar-refractivity contribution is 0.477. The van der Waals surface area contributed by atoms with E-state index in [2.05, 4.69) is 10.3 Å². The number of rotatable bonds is 6. The van der Waals surface area contributed by atoms with Crippen LogP contribution in [0.25, 0.3) is 22.5 Å². The maximum atomic E-state index is 10.2. The molecule has 0 unspecified atom stereocenters. The molecule has 0 saturated carbocycles. The zero-order valence-corrected chi connectivity index (χ0v) is 16.2. The standard InChI is InChI=1S/C21H23ClN4O/c1-3-16(23)12-24-21-19(14-7-5-4-6-8-14)13(2)25-20(26-21)17-11-15(22)9-10-18(17)27/h4-11,16,27H,3,12,23H2,1-2H3,(H,24,25,26)/t16-/m0/s1. The minimum Gasteiger partial charge on any atom is -0.507 e. The van der Waals surface area contributed by atoms with E-state index in [0.717, 1.165) is 23.2 Å². The highest BCUT2D eigenvalue weighted by molar-refractivity contribution is 6.30. The molecule has 0 fully saturated rings. The molecule has 2 aromatic carbocycles. The lowest BCUT2D eigenvalue weighted by Crippen LogP contribution is -2.28. The van der Waals surface area contributed by atoms with Crippen molar-refractivity contribution in [3.63, 3.8) is 0 Å². The summed E-state index contributed by atoms with van der Waals surface area (Å²) >= 11 is 6.10. The van der Waals surface area contributed by atoms with Crippen LogP contribution >= 0.6 is 11.6 Å². The Morgan fingerprint density at radius 3 is 2.59 bits per heavy atom. The van der Waals surface area contributed by atoms with Gasteiger partial charge in [-0.2, -0.15) is 0 Å². The summed E-state index contributed by atoms with van der Waals surface area (Å²) in [6.45, 7) is 4.57. The number of hydrogen-bond acceptors (Lipinski definition) is 5. The van der Waals surface area contributed by atoms with Crippen LogP contribution in [0, 0.1) is 6.92 Å². The van der Waals surface area contributed by atoms with Gasteiger partial charge in [-0.25, -0.2) is 9.97 Å². The number of phenols is 1. The van der Waals surface area contributed by atoms with Gasteiger partial charge in [0.05, 0.1) is 11.3 Å². The summed E-state index contributed by atoms with van der Waals surface area (Å²) in [4.78, 5) is 9.32. The van der Waals surface area contributed by atoms with E-state index in [4.69, 9.17) is 22.3 Å². The van der Waals surface area contributed by atoms with Crippen molar-refractivity contribution in [2.45, 2.75) is 26.3 Å². The van der Waals surface area contributed by atoms with E-state index in [1.165, 1.54) is 0 Å². The highest BCUT2D eigenvalue weighted by atomic mass is 35.5. The number of phenolic OH excluding ortho intramolecular Hbond substituents is 1. The summed E-state index contributed by atoms with van der Waals surface area (Å²) < 4.78 is 0. The fourth-order valence-electron chi connectivity index (χ4n) is 2.83. The number of aryl methyl sites for hydroxylation is 1. The van der Waals surface area contributed by atoms with Crippen LogP contribution < -0.4 is 11.1 Å². The molecule has 3 aromatic rings. The predicted molar refractivity (Wildman–Crippen MR) is 111 cm³/mol. The molecule has 1 atom stereocenters. The number of aromatic nitrogens is 2. The Hall–Kier alpha value is -2.63. The molecule has 4 N–H and O–H groups in total. The number of benzene rings is 2. The second-order valence-electron chi connectivity index (χ2n) is 6.43. The van der Waals surface area contributed by atoms with Crippen molar-refractivity contribution in [3.05, 3.63) is 59.2 Å². The van der Waals surface area contributed by atoms with Crippen molar-refractivity contribution in [2.24, 2.45) is 5.73 Å². The topological polar surface area (TPSA) is 84.1 Å². The molecule has 1 heterocycles. The summed E-state index contributed by atoms with van der Waals surface area (Å²) in [5, 5.41) is 14.1. The van der Waals surface area contributed by atoms with E-state index in [9.17, 15) is 5.11 Å². The lowest BCUT2D eigenvalue weighted by Gasteiger charge is -2.17. The number of nitrogens with two attached hydrogens (primary N) is 1. The summed E-state index contributed by atoms with van der Waals surface area (Å²) in [5.74, 6) is 1.19. The van der Waals surface area contributed by atoms with E-state index in [-0.39, 0.29) is 11.8 Å². The molecular weight excluding hydrogens is 360 g/mol. The van der Waals surface area contributed by atoms with Crippen LogP contribution in [0.15, 0.2) is 48.5 Å². The van der Waals surface area contributed by atoms with Crippen LogP contribution in [0.3, 0.4) is 0 Å². The molecule has 0 aliphatic rings. The summed E-state index contributed by atoms with van der Waals surface area (Å²) in [7, 11) is 0. The van der Waals surface area contributed by atoms with Gasteiger partial charge in [-0.1, -0.05) is 48.9 Å². The molecule has 0 spiro atoms. The largest absolute Gasteiger partial charge is 0.507 e. The molecule has 0 amide bonds. The van der Waals surface area contributed by atoms with Gasteiger partial charge in [-0.15, -0.1) is 0 Å². The van der Waals surface area contributed by atoms with Crippen LogP contribution in [-0.4, -0.2) is 27.7 Å². The van der Waals surface area contributed by atoms with E-state index in [0.29, 0.717) is 28.8 Å². The number of anilines is 1. The SMILES string of the molecule is CC[C@H](N)CNc1nc(-c2cc(Cl)ccc2O)nc(C)c1-c1ccccc1. The Morgan fingerprint density at radius 1 is 1.15 bits per heavy atom. The van der Waals surface area contributed by atoms with Crippen LogP contribution in [0.4, 0.5) is 5.82 Å². The highest BCUT2D eigenvalue weighted by Crippen LogP contribution is 2.34. The maximum absolute atomic E-state index is 10.2. The fourth-order valence-corrected chi connectivity index (χ4v) is 3.00. The van der Waals surface area contributed by atoms with Gasteiger partial charge >= 0.3 is 0 Å². The first kappa shape index (κ1) is 19.1. The smallest absolute Gasteiger partial charge is 0.165 e. The third kappa shape index (κ3) is 4.38. The third-order valence-electron chi connectivity index (χ3n) is 4.41. The van der Waals surface area contributed by atoms with Crippen molar-refractivity contribution in [1.29, 1.82) is 0 Å². The average Bonchev–Trinajstić information content (AvgIpc) is 2.68. The van der Waals surface area contributed by atoms with Crippen molar-refractivity contribution < 1.29 is 5.11 Å².